The molecule has 2 rings (SSSR count). The number of thiocarbonyl (C=S) groups is 1. The summed E-state index contributed by atoms with van der Waals surface area (Å²) in [5, 5.41) is 11.9. The van der Waals surface area contributed by atoms with Crippen LogP contribution in [0.5, 0.6) is 11.5 Å². The second kappa shape index (κ2) is 5.05. The highest BCUT2D eigenvalue weighted by Crippen LogP contribution is 2.28. The SMILES string of the molecule is CCOc1cc(C=C2OC(=S)NC2=O)ccc1O. The Morgan fingerprint density at radius 2 is 2.33 bits per heavy atom. The highest BCUT2D eigenvalue weighted by atomic mass is 32.1. The van der Waals surface area contributed by atoms with Gasteiger partial charge in [0, 0.05) is 0 Å². The summed E-state index contributed by atoms with van der Waals surface area (Å²) in [4.78, 5) is 11.4. The van der Waals surface area contributed by atoms with Crippen molar-refractivity contribution in [2.45, 2.75) is 6.92 Å². The molecule has 1 aliphatic rings. The van der Waals surface area contributed by atoms with Crippen LogP contribution in [-0.2, 0) is 9.53 Å². The third-order valence-electron chi connectivity index (χ3n) is 2.22. The van der Waals surface area contributed by atoms with E-state index < -0.39 is 0 Å². The predicted octanol–water partition coefficient (Wildman–Crippen LogP) is 1.56. The number of hydrogen-bond acceptors (Lipinski definition) is 5. The first-order chi connectivity index (χ1) is 8.60. The lowest BCUT2D eigenvalue weighted by molar-refractivity contribution is -0.116. The van der Waals surface area contributed by atoms with Crippen molar-refractivity contribution in [1.82, 2.24) is 5.32 Å². The number of ether oxygens (including phenoxy) is 2. The molecule has 6 heteroatoms. The predicted molar refractivity (Wildman–Crippen MR) is 69.1 cm³/mol. The van der Waals surface area contributed by atoms with Crippen LogP contribution in [0.1, 0.15) is 12.5 Å². The monoisotopic (exact) mass is 265 g/mol. The van der Waals surface area contributed by atoms with Gasteiger partial charge in [0.05, 0.1) is 6.61 Å². The summed E-state index contributed by atoms with van der Waals surface area (Å²) in [7, 11) is 0. The molecular weight excluding hydrogens is 254 g/mol. The molecule has 18 heavy (non-hydrogen) atoms. The molecule has 1 saturated heterocycles. The van der Waals surface area contributed by atoms with E-state index in [9.17, 15) is 9.90 Å². The van der Waals surface area contributed by atoms with Crippen molar-refractivity contribution in [2.75, 3.05) is 6.61 Å². The van der Waals surface area contributed by atoms with Crippen LogP contribution in [0.3, 0.4) is 0 Å². The van der Waals surface area contributed by atoms with Gasteiger partial charge >= 0.3 is 0 Å². The summed E-state index contributed by atoms with van der Waals surface area (Å²) >= 11 is 4.72. The summed E-state index contributed by atoms with van der Waals surface area (Å²) < 4.78 is 10.3. The minimum absolute atomic E-state index is 0.0371. The molecule has 0 unspecified atom stereocenters. The minimum atomic E-state index is -0.383. The van der Waals surface area contributed by atoms with Gasteiger partial charge in [0.1, 0.15) is 0 Å². The highest BCUT2D eigenvalue weighted by molar-refractivity contribution is 7.80. The number of hydrogen-bond donors (Lipinski definition) is 2. The van der Waals surface area contributed by atoms with E-state index in [1.165, 1.54) is 12.1 Å². The Bertz CT molecular complexity index is 539. The number of amides is 1. The smallest absolute Gasteiger partial charge is 0.294 e. The van der Waals surface area contributed by atoms with Crippen molar-refractivity contribution in [2.24, 2.45) is 0 Å². The van der Waals surface area contributed by atoms with Gasteiger partial charge in [-0.2, -0.15) is 0 Å². The van der Waals surface area contributed by atoms with Crippen LogP contribution in [0, 0.1) is 0 Å². The van der Waals surface area contributed by atoms with Gasteiger partial charge in [-0.05, 0) is 42.9 Å². The van der Waals surface area contributed by atoms with Crippen molar-refractivity contribution in [3.8, 4) is 11.5 Å². The maximum Gasteiger partial charge on any atom is 0.294 e. The lowest BCUT2D eigenvalue weighted by Gasteiger charge is -2.06. The van der Waals surface area contributed by atoms with Gasteiger partial charge in [0.25, 0.3) is 11.1 Å². The van der Waals surface area contributed by atoms with Gasteiger partial charge in [-0.15, -0.1) is 0 Å². The quantitative estimate of drug-likeness (QED) is 0.641. The lowest BCUT2D eigenvalue weighted by atomic mass is 10.2. The number of phenols is 1. The van der Waals surface area contributed by atoms with Gasteiger partial charge in [0.15, 0.2) is 17.3 Å². The third-order valence-corrected chi connectivity index (χ3v) is 2.41. The minimum Gasteiger partial charge on any atom is -0.504 e. The molecule has 0 saturated carbocycles. The molecule has 1 aromatic rings. The van der Waals surface area contributed by atoms with Crippen molar-refractivity contribution in [1.29, 1.82) is 0 Å². The third kappa shape index (κ3) is 2.60. The molecule has 0 atom stereocenters. The Hall–Kier alpha value is -2.08. The molecule has 1 heterocycles. The van der Waals surface area contributed by atoms with Crippen LogP contribution in [0.15, 0.2) is 24.0 Å². The Labute approximate surface area is 109 Å². The van der Waals surface area contributed by atoms with Gasteiger partial charge in [-0.3, -0.25) is 10.1 Å². The number of aromatic hydroxyl groups is 1. The molecular formula is C12H11NO4S. The van der Waals surface area contributed by atoms with Crippen LogP contribution in [0.25, 0.3) is 6.08 Å². The second-order valence-electron chi connectivity index (χ2n) is 3.51. The normalized spacial score (nSPS) is 16.6. The van der Waals surface area contributed by atoms with Crippen molar-refractivity contribution >= 4 is 29.4 Å². The van der Waals surface area contributed by atoms with Crippen LogP contribution < -0.4 is 10.1 Å². The molecule has 2 N–H and O–H groups in total. The van der Waals surface area contributed by atoms with E-state index in [0.29, 0.717) is 17.9 Å². The number of rotatable bonds is 3. The molecule has 0 radical (unpaired) electrons. The number of nitrogens with one attached hydrogen (secondary N) is 1. The Kier molecular flexibility index (Phi) is 3.47. The Morgan fingerprint density at radius 1 is 1.56 bits per heavy atom. The zero-order valence-corrected chi connectivity index (χ0v) is 10.4. The number of benzene rings is 1. The van der Waals surface area contributed by atoms with E-state index in [-0.39, 0.29) is 22.6 Å². The average Bonchev–Trinajstić information content (AvgIpc) is 2.62. The fourth-order valence-electron chi connectivity index (χ4n) is 1.46. The van der Waals surface area contributed by atoms with Gasteiger partial charge in [-0.25, -0.2) is 0 Å². The number of phenolic OH excluding ortho intramolecular Hbond substituents is 1. The van der Waals surface area contributed by atoms with E-state index in [0.717, 1.165) is 0 Å². The van der Waals surface area contributed by atoms with Crippen molar-refractivity contribution < 1.29 is 19.4 Å². The molecule has 1 amide bonds. The molecule has 0 aliphatic carbocycles. The molecule has 1 aliphatic heterocycles. The topological polar surface area (TPSA) is 67.8 Å². The molecule has 0 aromatic heterocycles. The van der Waals surface area contributed by atoms with Crippen LogP contribution in [0.2, 0.25) is 0 Å². The summed E-state index contributed by atoms with van der Waals surface area (Å²) in [5.74, 6) is 0.137. The number of carbonyl (C=O) groups excluding carboxylic acids is 1. The van der Waals surface area contributed by atoms with Gasteiger partial charge in [0.2, 0.25) is 0 Å². The Balaban J connectivity index is 2.29. The molecule has 94 valence electrons. The average molecular weight is 265 g/mol. The van der Waals surface area contributed by atoms with Crippen LogP contribution >= 0.6 is 12.2 Å². The summed E-state index contributed by atoms with van der Waals surface area (Å²) in [5.41, 5.74) is 0.672. The highest BCUT2D eigenvalue weighted by Gasteiger charge is 2.23. The van der Waals surface area contributed by atoms with E-state index in [4.69, 9.17) is 21.7 Å². The first-order valence-corrected chi connectivity index (χ1v) is 5.71. The molecule has 0 spiro atoms. The summed E-state index contributed by atoms with van der Waals surface area (Å²) in [6, 6.07) is 4.75. The fourth-order valence-corrected chi connectivity index (χ4v) is 1.65. The zero-order valence-electron chi connectivity index (χ0n) is 9.60. The largest absolute Gasteiger partial charge is 0.504 e. The van der Waals surface area contributed by atoms with E-state index >= 15 is 0 Å². The zero-order chi connectivity index (χ0) is 13.1. The maximum atomic E-state index is 11.4. The summed E-state index contributed by atoms with van der Waals surface area (Å²) in [6.07, 6.45) is 1.52. The molecule has 1 fully saturated rings. The first-order valence-electron chi connectivity index (χ1n) is 5.31. The fraction of sp³-hybridized carbons (Fsp3) is 0.167. The first kappa shape index (κ1) is 12.4. The lowest BCUT2D eigenvalue weighted by Crippen LogP contribution is -2.18. The maximum absolute atomic E-state index is 11.4. The standard InChI is InChI=1S/C12H11NO4S/c1-2-16-9-5-7(3-4-8(9)14)6-10-11(15)13-12(18)17-10/h3-6,14H,2H2,1H3,(H,13,15,18). The Morgan fingerprint density at radius 3 is 2.94 bits per heavy atom. The van der Waals surface area contributed by atoms with Crippen LogP contribution in [-0.4, -0.2) is 22.8 Å². The van der Waals surface area contributed by atoms with E-state index in [2.05, 4.69) is 5.32 Å². The summed E-state index contributed by atoms with van der Waals surface area (Å²) in [6.45, 7) is 2.26. The van der Waals surface area contributed by atoms with Crippen molar-refractivity contribution in [3.05, 3.63) is 29.5 Å². The van der Waals surface area contributed by atoms with Crippen molar-refractivity contribution in [3.63, 3.8) is 0 Å². The van der Waals surface area contributed by atoms with Gasteiger partial charge in [-0.1, -0.05) is 6.07 Å². The van der Waals surface area contributed by atoms with E-state index in [1.54, 1.807) is 12.1 Å². The van der Waals surface area contributed by atoms with Gasteiger partial charge < -0.3 is 14.6 Å². The second-order valence-corrected chi connectivity index (χ2v) is 3.88. The molecule has 0 bridgehead atoms. The molecule has 1 aromatic carbocycles. The van der Waals surface area contributed by atoms with Crippen LogP contribution in [0.4, 0.5) is 0 Å². The molecule has 5 nitrogen and oxygen atoms in total. The van der Waals surface area contributed by atoms with E-state index in [1.807, 2.05) is 6.92 Å². The number of carbonyl (C=O) groups is 1.